The smallest absolute Gasteiger partial charge is 0.171 e. The van der Waals surface area contributed by atoms with Crippen LogP contribution < -0.4 is 15.4 Å². The molecule has 1 aromatic heterocycles. The highest BCUT2D eigenvalue weighted by Crippen LogP contribution is 2.25. The fourth-order valence-corrected chi connectivity index (χ4v) is 1.70. The van der Waals surface area contributed by atoms with Crippen molar-refractivity contribution in [2.24, 2.45) is 5.73 Å². The van der Waals surface area contributed by atoms with Crippen LogP contribution >= 0.6 is 0 Å². The van der Waals surface area contributed by atoms with Crippen molar-refractivity contribution < 1.29 is 9.47 Å². The number of rotatable bonds is 9. The van der Waals surface area contributed by atoms with Crippen LogP contribution in [-0.2, 0) is 4.74 Å². The van der Waals surface area contributed by atoms with Gasteiger partial charge in [0.2, 0.25) is 0 Å². The first-order valence-corrected chi connectivity index (χ1v) is 6.35. The van der Waals surface area contributed by atoms with E-state index in [1.165, 1.54) is 0 Å². The van der Waals surface area contributed by atoms with E-state index in [-0.39, 0.29) is 0 Å². The van der Waals surface area contributed by atoms with Crippen LogP contribution in [0.4, 0.5) is 5.82 Å². The molecular formula is C13H23N3O2. The van der Waals surface area contributed by atoms with Gasteiger partial charge in [0.05, 0.1) is 13.2 Å². The lowest BCUT2D eigenvalue weighted by molar-refractivity contribution is 0.204. The number of hydrogen-bond donors (Lipinski definition) is 1. The molecule has 1 aromatic rings. The van der Waals surface area contributed by atoms with Crippen molar-refractivity contribution in [3.63, 3.8) is 0 Å². The van der Waals surface area contributed by atoms with Crippen LogP contribution in [0.25, 0.3) is 0 Å². The van der Waals surface area contributed by atoms with Crippen LogP contribution in [0, 0.1) is 0 Å². The molecule has 5 heteroatoms. The molecule has 0 aromatic carbocycles. The van der Waals surface area contributed by atoms with E-state index in [0.29, 0.717) is 19.8 Å². The number of anilines is 1. The second-order valence-electron chi connectivity index (χ2n) is 3.88. The van der Waals surface area contributed by atoms with Crippen LogP contribution in [-0.4, -0.2) is 44.9 Å². The molecule has 0 spiro atoms. The molecule has 0 bridgehead atoms. The predicted octanol–water partition coefficient (Wildman–Crippen LogP) is 1.28. The SMILES string of the molecule is CCOc1cccnc1N(CCCN)CCOC. The Kier molecular flexibility index (Phi) is 7.13. The Morgan fingerprint density at radius 3 is 2.89 bits per heavy atom. The summed E-state index contributed by atoms with van der Waals surface area (Å²) in [7, 11) is 1.70. The fourth-order valence-electron chi connectivity index (χ4n) is 1.70. The Morgan fingerprint density at radius 1 is 1.39 bits per heavy atom. The van der Waals surface area contributed by atoms with Gasteiger partial charge in [0.1, 0.15) is 0 Å². The fraction of sp³-hybridized carbons (Fsp3) is 0.615. The third-order valence-corrected chi connectivity index (χ3v) is 2.55. The van der Waals surface area contributed by atoms with Gasteiger partial charge >= 0.3 is 0 Å². The number of ether oxygens (including phenoxy) is 2. The van der Waals surface area contributed by atoms with Gasteiger partial charge in [0.25, 0.3) is 0 Å². The molecule has 0 saturated carbocycles. The monoisotopic (exact) mass is 253 g/mol. The Morgan fingerprint density at radius 2 is 2.22 bits per heavy atom. The van der Waals surface area contributed by atoms with Gasteiger partial charge in [-0.25, -0.2) is 4.98 Å². The average Bonchev–Trinajstić information content (AvgIpc) is 2.40. The van der Waals surface area contributed by atoms with Gasteiger partial charge in [-0.2, -0.15) is 0 Å². The van der Waals surface area contributed by atoms with Crippen LogP contribution in [0.2, 0.25) is 0 Å². The Bertz CT molecular complexity index is 326. The highest BCUT2D eigenvalue weighted by molar-refractivity contribution is 5.52. The Labute approximate surface area is 109 Å². The number of methoxy groups -OCH3 is 1. The summed E-state index contributed by atoms with van der Waals surface area (Å²) in [5, 5.41) is 0. The topological polar surface area (TPSA) is 60.6 Å². The minimum Gasteiger partial charge on any atom is -0.490 e. The molecule has 0 atom stereocenters. The van der Waals surface area contributed by atoms with Crippen molar-refractivity contribution in [2.75, 3.05) is 44.9 Å². The maximum Gasteiger partial charge on any atom is 0.171 e. The number of nitrogens with two attached hydrogens (primary N) is 1. The zero-order chi connectivity index (χ0) is 13.2. The molecule has 5 nitrogen and oxygen atoms in total. The molecule has 0 unspecified atom stereocenters. The van der Waals surface area contributed by atoms with Crippen LogP contribution in [0.15, 0.2) is 18.3 Å². The molecule has 1 rings (SSSR count). The average molecular weight is 253 g/mol. The molecule has 2 N–H and O–H groups in total. The molecule has 0 radical (unpaired) electrons. The summed E-state index contributed by atoms with van der Waals surface area (Å²) in [5.41, 5.74) is 5.57. The summed E-state index contributed by atoms with van der Waals surface area (Å²) in [5.74, 6) is 1.68. The minimum absolute atomic E-state index is 0.633. The van der Waals surface area contributed by atoms with Gasteiger partial charge in [-0.05, 0) is 32.0 Å². The summed E-state index contributed by atoms with van der Waals surface area (Å²) in [4.78, 5) is 6.56. The maximum absolute atomic E-state index is 5.60. The van der Waals surface area contributed by atoms with Gasteiger partial charge in [-0.3, -0.25) is 0 Å². The molecule has 0 aliphatic rings. The Hall–Kier alpha value is -1.33. The molecule has 1 heterocycles. The maximum atomic E-state index is 5.60. The normalized spacial score (nSPS) is 10.4. The van der Waals surface area contributed by atoms with Gasteiger partial charge in [0.15, 0.2) is 11.6 Å². The van der Waals surface area contributed by atoms with E-state index >= 15 is 0 Å². The van der Waals surface area contributed by atoms with Crippen molar-refractivity contribution in [2.45, 2.75) is 13.3 Å². The molecule has 0 aliphatic carbocycles. The molecule has 102 valence electrons. The molecule has 0 amide bonds. The van der Waals surface area contributed by atoms with Gasteiger partial charge in [-0.1, -0.05) is 0 Å². The highest BCUT2D eigenvalue weighted by Gasteiger charge is 2.12. The zero-order valence-corrected chi connectivity index (χ0v) is 11.3. The number of pyridine rings is 1. The summed E-state index contributed by atoms with van der Waals surface area (Å²) in [6.45, 7) is 5.57. The summed E-state index contributed by atoms with van der Waals surface area (Å²) >= 11 is 0. The van der Waals surface area contributed by atoms with Crippen molar-refractivity contribution in [3.05, 3.63) is 18.3 Å². The molecule has 18 heavy (non-hydrogen) atoms. The summed E-state index contributed by atoms with van der Waals surface area (Å²) in [6.07, 6.45) is 2.70. The van der Waals surface area contributed by atoms with Gasteiger partial charge in [-0.15, -0.1) is 0 Å². The minimum atomic E-state index is 0.633. The van der Waals surface area contributed by atoms with E-state index in [9.17, 15) is 0 Å². The molecular weight excluding hydrogens is 230 g/mol. The first kappa shape index (κ1) is 14.7. The van der Waals surface area contributed by atoms with E-state index in [4.69, 9.17) is 15.2 Å². The highest BCUT2D eigenvalue weighted by atomic mass is 16.5. The summed E-state index contributed by atoms with van der Waals surface area (Å²) in [6, 6.07) is 3.82. The van der Waals surface area contributed by atoms with Crippen LogP contribution in [0.3, 0.4) is 0 Å². The number of nitrogens with zero attached hydrogens (tertiary/aromatic N) is 2. The molecule has 0 aliphatic heterocycles. The van der Waals surface area contributed by atoms with Crippen LogP contribution in [0.5, 0.6) is 5.75 Å². The lowest BCUT2D eigenvalue weighted by Gasteiger charge is -2.25. The number of aromatic nitrogens is 1. The molecule has 0 fully saturated rings. The van der Waals surface area contributed by atoms with Gasteiger partial charge < -0.3 is 20.1 Å². The Balaban J connectivity index is 2.81. The first-order chi connectivity index (χ1) is 8.83. The van der Waals surface area contributed by atoms with Crippen LogP contribution in [0.1, 0.15) is 13.3 Å². The van der Waals surface area contributed by atoms with Crippen molar-refractivity contribution >= 4 is 5.82 Å². The van der Waals surface area contributed by atoms with Crippen molar-refractivity contribution in [1.82, 2.24) is 4.98 Å². The summed E-state index contributed by atoms with van der Waals surface area (Å²) < 4.78 is 10.7. The van der Waals surface area contributed by atoms with E-state index < -0.39 is 0 Å². The zero-order valence-electron chi connectivity index (χ0n) is 11.3. The van der Waals surface area contributed by atoms with E-state index in [0.717, 1.165) is 31.1 Å². The van der Waals surface area contributed by atoms with E-state index in [1.54, 1.807) is 13.3 Å². The quantitative estimate of drug-likeness (QED) is 0.718. The first-order valence-electron chi connectivity index (χ1n) is 6.35. The lowest BCUT2D eigenvalue weighted by atomic mass is 10.3. The largest absolute Gasteiger partial charge is 0.490 e. The lowest BCUT2D eigenvalue weighted by Crippen LogP contribution is -2.30. The second kappa shape index (κ2) is 8.72. The second-order valence-corrected chi connectivity index (χ2v) is 3.88. The van der Waals surface area contributed by atoms with E-state index in [1.807, 2.05) is 19.1 Å². The standard InChI is InChI=1S/C13H23N3O2/c1-3-18-12-6-4-8-15-13(12)16(9-5-7-14)10-11-17-2/h4,6,8H,3,5,7,9-11,14H2,1-2H3. The predicted molar refractivity (Wildman–Crippen MR) is 73.2 cm³/mol. The third-order valence-electron chi connectivity index (χ3n) is 2.55. The third kappa shape index (κ3) is 4.50. The van der Waals surface area contributed by atoms with Gasteiger partial charge in [0, 0.05) is 26.4 Å². The van der Waals surface area contributed by atoms with Crippen molar-refractivity contribution in [1.29, 1.82) is 0 Å². The number of hydrogen-bond acceptors (Lipinski definition) is 5. The molecule has 0 saturated heterocycles. The van der Waals surface area contributed by atoms with Crippen molar-refractivity contribution in [3.8, 4) is 5.75 Å². The van der Waals surface area contributed by atoms with E-state index in [2.05, 4.69) is 9.88 Å².